The van der Waals surface area contributed by atoms with E-state index in [1.165, 1.54) is 6.07 Å². The number of anilines is 1. The Morgan fingerprint density at radius 1 is 1.23 bits per heavy atom. The molecule has 2 N–H and O–H groups in total. The lowest BCUT2D eigenvalue weighted by atomic mass is 10.2. The number of benzene rings is 2. The number of hydrogen-bond acceptors (Lipinski definition) is 5. The average Bonchev–Trinajstić information content (AvgIpc) is 3.34. The van der Waals surface area contributed by atoms with Crippen LogP contribution in [-0.4, -0.2) is 24.5 Å². The second kappa shape index (κ2) is 6.00. The molecule has 4 rings (SSSR count). The van der Waals surface area contributed by atoms with E-state index in [4.69, 9.17) is 21.1 Å². The molecule has 26 heavy (non-hydrogen) atoms. The second-order valence-corrected chi connectivity index (χ2v) is 8.15. The molecule has 1 aliphatic carbocycles. The number of oxazole rings is 1. The number of nitrogens with one attached hydrogen (secondary N) is 1. The fraction of sp³-hybridized carbons (Fsp3) is 0.176. The fourth-order valence-electron chi connectivity index (χ4n) is 2.56. The molecule has 2 aromatic carbocycles. The minimum atomic E-state index is -3.93. The maximum Gasteiger partial charge on any atom is 0.337 e. The molecule has 0 radical (unpaired) electrons. The Morgan fingerprint density at radius 3 is 2.65 bits per heavy atom. The lowest BCUT2D eigenvalue weighted by molar-refractivity contribution is 0.0697. The zero-order valence-corrected chi connectivity index (χ0v) is 14.8. The van der Waals surface area contributed by atoms with E-state index in [0.717, 1.165) is 25.0 Å². The maximum atomic E-state index is 12.5. The number of aromatic nitrogens is 1. The highest BCUT2D eigenvalue weighted by atomic mass is 35.5. The van der Waals surface area contributed by atoms with Crippen LogP contribution < -0.4 is 4.72 Å². The van der Waals surface area contributed by atoms with E-state index in [1.54, 1.807) is 18.2 Å². The van der Waals surface area contributed by atoms with Gasteiger partial charge in [-0.25, -0.2) is 18.2 Å². The highest BCUT2D eigenvalue weighted by Gasteiger charge is 2.29. The molecule has 9 heteroatoms. The van der Waals surface area contributed by atoms with Gasteiger partial charge in [-0.3, -0.25) is 4.72 Å². The van der Waals surface area contributed by atoms with E-state index < -0.39 is 16.0 Å². The van der Waals surface area contributed by atoms with Gasteiger partial charge in [0.15, 0.2) is 11.5 Å². The SMILES string of the molecule is O=C(O)c1ccc(S(=O)(=O)Nc2ccc3oc(C4CC4)nc3c2)cc1Cl. The normalized spacial score (nSPS) is 14.5. The number of carboxylic acids is 1. The van der Waals surface area contributed by atoms with Crippen LogP contribution in [0.4, 0.5) is 5.69 Å². The van der Waals surface area contributed by atoms with Gasteiger partial charge >= 0.3 is 5.97 Å². The van der Waals surface area contributed by atoms with E-state index >= 15 is 0 Å². The molecule has 1 fully saturated rings. The van der Waals surface area contributed by atoms with Crippen LogP contribution in [0, 0.1) is 0 Å². The number of carboxylic acid groups (broad SMARTS) is 1. The highest BCUT2D eigenvalue weighted by molar-refractivity contribution is 7.92. The van der Waals surface area contributed by atoms with Gasteiger partial charge in [0.2, 0.25) is 0 Å². The summed E-state index contributed by atoms with van der Waals surface area (Å²) in [5.74, 6) is -0.191. The topological polar surface area (TPSA) is 110 Å². The van der Waals surface area contributed by atoms with Crippen molar-refractivity contribution in [3.05, 3.63) is 52.9 Å². The standard InChI is InChI=1S/C17H13ClN2O5S/c18-13-8-11(4-5-12(13)17(21)22)26(23,24)20-10-3-6-15-14(7-10)19-16(25-15)9-1-2-9/h3-9,20H,1-2H2,(H,21,22). The number of nitrogens with zero attached hydrogens (tertiary/aromatic N) is 1. The first kappa shape index (κ1) is 16.9. The molecule has 0 aliphatic heterocycles. The van der Waals surface area contributed by atoms with Crippen LogP contribution in [-0.2, 0) is 10.0 Å². The van der Waals surface area contributed by atoms with Crippen LogP contribution in [0.25, 0.3) is 11.1 Å². The van der Waals surface area contributed by atoms with E-state index in [0.29, 0.717) is 28.6 Å². The monoisotopic (exact) mass is 392 g/mol. The molecular weight excluding hydrogens is 380 g/mol. The zero-order valence-electron chi connectivity index (χ0n) is 13.3. The largest absolute Gasteiger partial charge is 0.478 e. The Morgan fingerprint density at radius 2 is 2.00 bits per heavy atom. The summed E-state index contributed by atoms with van der Waals surface area (Å²) >= 11 is 5.85. The van der Waals surface area contributed by atoms with Crippen molar-refractivity contribution in [2.24, 2.45) is 0 Å². The first-order valence-corrected chi connectivity index (χ1v) is 9.66. The molecule has 1 aromatic heterocycles. The molecule has 0 unspecified atom stereocenters. The Balaban J connectivity index is 1.63. The van der Waals surface area contributed by atoms with Gasteiger partial charge in [-0.2, -0.15) is 0 Å². The third kappa shape index (κ3) is 3.13. The molecule has 0 atom stereocenters. The predicted octanol–water partition coefficient (Wildman–Crippen LogP) is 3.86. The van der Waals surface area contributed by atoms with E-state index in [1.807, 2.05) is 0 Å². The number of aromatic carboxylic acids is 1. The van der Waals surface area contributed by atoms with Gasteiger partial charge in [-0.1, -0.05) is 11.6 Å². The molecule has 134 valence electrons. The lowest BCUT2D eigenvalue weighted by Gasteiger charge is -2.09. The van der Waals surface area contributed by atoms with Crippen molar-refractivity contribution in [2.75, 3.05) is 4.72 Å². The van der Waals surface area contributed by atoms with E-state index in [9.17, 15) is 13.2 Å². The molecule has 1 heterocycles. The van der Waals surface area contributed by atoms with Crippen LogP contribution >= 0.6 is 11.6 Å². The Hall–Kier alpha value is -2.58. The first-order valence-electron chi connectivity index (χ1n) is 7.79. The Bertz CT molecular complexity index is 1140. The van der Waals surface area contributed by atoms with Crippen LogP contribution in [0.5, 0.6) is 0 Å². The van der Waals surface area contributed by atoms with Crippen LogP contribution in [0.1, 0.15) is 35.0 Å². The molecular formula is C17H13ClN2O5S. The van der Waals surface area contributed by atoms with Crippen LogP contribution in [0.15, 0.2) is 45.7 Å². The molecule has 3 aromatic rings. The minimum Gasteiger partial charge on any atom is -0.478 e. The number of hydrogen-bond donors (Lipinski definition) is 2. The third-order valence-corrected chi connectivity index (χ3v) is 5.76. The van der Waals surface area contributed by atoms with Crippen molar-refractivity contribution in [1.82, 2.24) is 4.98 Å². The Labute approximate surface area is 153 Å². The van der Waals surface area contributed by atoms with Crippen molar-refractivity contribution < 1.29 is 22.7 Å². The van der Waals surface area contributed by atoms with Crippen molar-refractivity contribution >= 4 is 44.4 Å². The van der Waals surface area contributed by atoms with Gasteiger partial charge in [-0.05, 0) is 49.2 Å². The molecule has 0 amide bonds. The highest BCUT2D eigenvalue weighted by Crippen LogP contribution is 2.40. The fourth-order valence-corrected chi connectivity index (χ4v) is 3.97. The molecule has 0 bridgehead atoms. The van der Waals surface area contributed by atoms with Gasteiger partial charge in [0.25, 0.3) is 10.0 Å². The number of halogens is 1. The molecule has 1 saturated carbocycles. The quantitative estimate of drug-likeness (QED) is 0.682. The molecule has 1 aliphatic rings. The van der Waals surface area contributed by atoms with Gasteiger partial charge < -0.3 is 9.52 Å². The summed E-state index contributed by atoms with van der Waals surface area (Å²) in [6, 6.07) is 8.28. The summed E-state index contributed by atoms with van der Waals surface area (Å²) in [7, 11) is -3.93. The summed E-state index contributed by atoms with van der Waals surface area (Å²) in [4.78, 5) is 15.2. The maximum absolute atomic E-state index is 12.5. The minimum absolute atomic E-state index is 0.133. The van der Waals surface area contributed by atoms with Crippen molar-refractivity contribution in [2.45, 2.75) is 23.7 Å². The number of rotatable bonds is 5. The number of carbonyl (C=O) groups is 1. The van der Waals surface area contributed by atoms with Crippen LogP contribution in [0.3, 0.4) is 0 Å². The van der Waals surface area contributed by atoms with Gasteiger partial charge in [0.05, 0.1) is 21.2 Å². The summed E-state index contributed by atoms with van der Waals surface area (Å²) in [5, 5.41) is 8.82. The molecule has 7 nitrogen and oxygen atoms in total. The molecule has 0 spiro atoms. The Kier molecular flexibility index (Phi) is 3.89. The van der Waals surface area contributed by atoms with E-state index in [-0.39, 0.29) is 15.5 Å². The first-order chi connectivity index (χ1) is 12.3. The van der Waals surface area contributed by atoms with Crippen LogP contribution in [0.2, 0.25) is 5.02 Å². The van der Waals surface area contributed by atoms with Crippen molar-refractivity contribution in [3.8, 4) is 0 Å². The lowest BCUT2D eigenvalue weighted by Crippen LogP contribution is -2.13. The van der Waals surface area contributed by atoms with Crippen molar-refractivity contribution in [1.29, 1.82) is 0 Å². The van der Waals surface area contributed by atoms with Gasteiger partial charge in [0.1, 0.15) is 5.52 Å². The molecule has 0 saturated heterocycles. The summed E-state index contributed by atoms with van der Waals surface area (Å²) in [6.45, 7) is 0. The smallest absolute Gasteiger partial charge is 0.337 e. The van der Waals surface area contributed by atoms with Crippen molar-refractivity contribution in [3.63, 3.8) is 0 Å². The number of sulfonamides is 1. The number of fused-ring (bicyclic) bond motifs is 1. The predicted molar refractivity (Wildman–Crippen MR) is 95.2 cm³/mol. The van der Waals surface area contributed by atoms with Gasteiger partial charge in [-0.15, -0.1) is 0 Å². The zero-order chi connectivity index (χ0) is 18.5. The summed E-state index contributed by atoms with van der Waals surface area (Å²) in [5.41, 5.74) is 1.34. The summed E-state index contributed by atoms with van der Waals surface area (Å²) < 4.78 is 33.2. The summed E-state index contributed by atoms with van der Waals surface area (Å²) in [6.07, 6.45) is 2.11. The van der Waals surface area contributed by atoms with E-state index in [2.05, 4.69) is 9.71 Å². The van der Waals surface area contributed by atoms with Gasteiger partial charge in [0, 0.05) is 5.92 Å². The second-order valence-electron chi connectivity index (χ2n) is 6.06. The average molecular weight is 393 g/mol. The third-order valence-electron chi connectivity index (χ3n) is 4.06.